The summed E-state index contributed by atoms with van der Waals surface area (Å²) in [5, 5.41) is 6.99. The molecule has 0 bridgehead atoms. The van der Waals surface area contributed by atoms with Crippen LogP contribution in [0.25, 0.3) is 0 Å². The number of anilines is 1. The molecule has 2 N–H and O–H groups in total. The number of carbonyl (C=O) groups excluding carboxylic acids is 1. The molecule has 17 heavy (non-hydrogen) atoms. The summed E-state index contributed by atoms with van der Waals surface area (Å²) in [5.74, 6) is 0.0301. The summed E-state index contributed by atoms with van der Waals surface area (Å²) >= 11 is 12.0. The molecule has 0 saturated carbocycles. The molecule has 0 unspecified atom stereocenters. The van der Waals surface area contributed by atoms with E-state index in [1.54, 1.807) is 18.2 Å². The van der Waals surface area contributed by atoms with Crippen molar-refractivity contribution >= 4 is 34.8 Å². The van der Waals surface area contributed by atoms with Gasteiger partial charge in [0.05, 0.1) is 15.7 Å². The van der Waals surface area contributed by atoms with E-state index in [-0.39, 0.29) is 5.91 Å². The van der Waals surface area contributed by atoms with Crippen LogP contribution in [0.3, 0.4) is 0 Å². The van der Waals surface area contributed by atoms with Crippen LogP contribution in [0.15, 0.2) is 18.2 Å². The minimum Gasteiger partial charge on any atom is -0.382 e. The standard InChI is InChI=1S/C12H16Cl2N2O/c1-2-7-15-11(17)6-8-16-12-9(13)4-3-5-10(12)14/h3-5,16H,2,6-8H2,1H3,(H,15,17). The first-order valence-electron chi connectivity index (χ1n) is 5.59. The summed E-state index contributed by atoms with van der Waals surface area (Å²) in [6.45, 7) is 3.24. The van der Waals surface area contributed by atoms with Crippen LogP contribution < -0.4 is 10.6 Å². The number of carbonyl (C=O) groups is 1. The fraction of sp³-hybridized carbons (Fsp3) is 0.417. The highest BCUT2D eigenvalue weighted by atomic mass is 35.5. The van der Waals surface area contributed by atoms with Crippen LogP contribution in [0, 0.1) is 0 Å². The zero-order valence-corrected chi connectivity index (χ0v) is 11.2. The Kier molecular flexibility index (Phi) is 6.16. The lowest BCUT2D eigenvalue weighted by molar-refractivity contribution is -0.120. The Morgan fingerprint density at radius 1 is 1.24 bits per heavy atom. The topological polar surface area (TPSA) is 41.1 Å². The van der Waals surface area contributed by atoms with Gasteiger partial charge in [-0.25, -0.2) is 0 Å². The SMILES string of the molecule is CCCNC(=O)CCNc1c(Cl)cccc1Cl. The highest BCUT2D eigenvalue weighted by Gasteiger charge is 2.05. The number of amides is 1. The molecule has 0 aliphatic heterocycles. The van der Waals surface area contributed by atoms with Crippen molar-refractivity contribution < 1.29 is 4.79 Å². The second-order valence-electron chi connectivity index (χ2n) is 3.62. The molecule has 0 radical (unpaired) electrons. The fourth-order valence-corrected chi connectivity index (χ4v) is 1.85. The van der Waals surface area contributed by atoms with E-state index in [0.29, 0.717) is 35.2 Å². The average molecular weight is 275 g/mol. The van der Waals surface area contributed by atoms with Crippen molar-refractivity contribution in [3.05, 3.63) is 28.2 Å². The summed E-state index contributed by atoms with van der Waals surface area (Å²) in [5.41, 5.74) is 0.680. The number of hydrogen-bond acceptors (Lipinski definition) is 2. The largest absolute Gasteiger partial charge is 0.382 e. The molecule has 0 aliphatic carbocycles. The van der Waals surface area contributed by atoms with Crippen LogP contribution in [0.2, 0.25) is 10.0 Å². The van der Waals surface area contributed by atoms with Gasteiger partial charge in [0.2, 0.25) is 5.91 Å². The monoisotopic (exact) mass is 274 g/mol. The Labute approximate surface area is 111 Å². The molecular weight excluding hydrogens is 259 g/mol. The molecule has 0 spiro atoms. The Morgan fingerprint density at radius 3 is 2.47 bits per heavy atom. The van der Waals surface area contributed by atoms with E-state index in [1.807, 2.05) is 6.92 Å². The maximum atomic E-state index is 11.3. The number of benzene rings is 1. The molecule has 1 rings (SSSR count). The lowest BCUT2D eigenvalue weighted by atomic mass is 10.3. The van der Waals surface area contributed by atoms with E-state index in [2.05, 4.69) is 10.6 Å². The zero-order chi connectivity index (χ0) is 12.7. The van der Waals surface area contributed by atoms with E-state index in [1.165, 1.54) is 0 Å². The van der Waals surface area contributed by atoms with Crippen LogP contribution in [0.5, 0.6) is 0 Å². The Balaban J connectivity index is 2.38. The van der Waals surface area contributed by atoms with Gasteiger partial charge in [-0.05, 0) is 18.6 Å². The Hall–Kier alpha value is -0.930. The van der Waals surface area contributed by atoms with Gasteiger partial charge < -0.3 is 10.6 Å². The van der Waals surface area contributed by atoms with Gasteiger partial charge in [-0.3, -0.25) is 4.79 Å². The van der Waals surface area contributed by atoms with Gasteiger partial charge in [-0.1, -0.05) is 36.2 Å². The molecule has 3 nitrogen and oxygen atoms in total. The number of hydrogen-bond donors (Lipinski definition) is 2. The predicted molar refractivity (Wildman–Crippen MR) is 72.9 cm³/mol. The third-order valence-electron chi connectivity index (χ3n) is 2.19. The molecular formula is C12H16Cl2N2O. The van der Waals surface area contributed by atoms with Crippen molar-refractivity contribution in [2.75, 3.05) is 18.4 Å². The van der Waals surface area contributed by atoms with E-state index in [9.17, 15) is 4.79 Å². The minimum atomic E-state index is 0.0301. The first-order chi connectivity index (χ1) is 8.15. The summed E-state index contributed by atoms with van der Waals surface area (Å²) in [7, 11) is 0. The lowest BCUT2D eigenvalue weighted by Gasteiger charge is -2.10. The van der Waals surface area contributed by atoms with Gasteiger partial charge in [-0.15, -0.1) is 0 Å². The molecule has 1 aromatic carbocycles. The number of para-hydroxylation sites is 1. The molecule has 0 fully saturated rings. The second kappa shape index (κ2) is 7.41. The number of halogens is 2. The first-order valence-corrected chi connectivity index (χ1v) is 6.35. The molecule has 1 amide bonds. The molecule has 1 aromatic rings. The van der Waals surface area contributed by atoms with Crippen LogP contribution in [0.4, 0.5) is 5.69 Å². The maximum Gasteiger partial charge on any atom is 0.221 e. The Morgan fingerprint density at radius 2 is 1.88 bits per heavy atom. The fourth-order valence-electron chi connectivity index (χ4n) is 1.32. The van der Waals surface area contributed by atoms with Crippen LogP contribution in [-0.2, 0) is 4.79 Å². The van der Waals surface area contributed by atoms with Crippen molar-refractivity contribution in [1.29, 1.82) is 0 Å². The number of nitrogens with one attached hydrogen (secondary N) is 2. The van der Waals surface area contributed by atoms with Crippen LogP contribution >= 0.6 is 23.2 Å². The summed E-state index contributed by atoms with van der Waals surface area (Å²) in [4.78, 5) is 11.3. The van der Waals surface area contributed by atoms with Crippen molar-refractivity contribution in [3.8, 4) is 0 Å². The zero-order valence-electron chi connectivity index (χ0n) is 9.72. The first kappa shape index (κ1) is 14.1. The van der Waals surface area contributed by atoms with Crippen LogP contribution in [0.1, 0.15) is 19.8 Å². The molecule has 0 atom stereocenters. The van der Waals surface area contributed by atoms with E-state index >= 15 is 0 Å². The van der Waals surface area contributed by atoms with Crippen molar-refractivity contribution in [1.82, 2.24) is 5.32 Å². The Bertz CT molecular complexity index is 363. The molecule has 0 heterocycles. The van der Waals surface area contributed by atoms with E-state index in [0.717, 1.165) is 6.42 Å². The van der Waals surface area contributed by atoms with Crippen LogP contribution in [-0.4, -0.2) is 19.0 Å². The lowest BCUT2D eigenvalue weighted by Crippen LogP contribution is -2.25. The van der Waals surface area contributed by atoms with Crippen molar-refractivity contribution in [2.45, 2.75) is 19.8 Å². The molecule has 94 valence electrons. The summed E-state index contributed by atoms with van der Waals surface area (Å²) < 4.78 is 0. The molecule has 0 saturated heterocycles. The molecule has 0 aromatic heterocycles. The van der Waals surface area contributed by atoms with Gasteiger partial charge in [-0.2, -0.15) is 0 Å². The van der Waals surface area contributed by atoms with Gasteiger partial charge >= 0.3 is 0 Å². The molecule has 5 heteroatoms. The highest BCUT2D eigenvalue weighted by molar-refractivity contribution is 6.39. The third-order valence-corrected chi connectivity index (χ3v) is 2.82. The maximum absolute atomic E-state index is 11.3. The van der Waals surface area contributed by atoms with E-state index < -0.39 is 0 Å². The summed E-state index contributed by atoms with van der Waals surface area (Å²) in [6, 6.07) is 5.30. The summed E-state index contributed by atoms with van der Waals surface area (Å²) in [6.07, 6.45) is 1.34. The van der Waals surface area contributed by atoms with Gasteiger partial charge in [0.15, 0.2) is 0 Å². The average Bonchev–Trinajstić information content (AvgIpc) is 2.30. The smallest absolute Gasteiger partial charge is 0.221 e. The third kappa shape index (κ3) is 4.84. The van der Waals surface area contributed by atoms with Crippen molar-refractivity contribution in [2.24, 2.45) is 0 Å². The normalized spacial score (nSPS) is 10.1. The van der Waals surface area contributed by atoms with E-state index in [4.69, 9.17) is 23.2 Å². The second-order valence-corrected chi connectivity index (χ2v) is 4.44. The molecule has 0 aliphatic rings. The predicted octanol–water partition coefficient (Wildman–Crippen LogP) is 3.32. The number of rotatable bonds is 6. The van der Waals surface area contributed by atoms with Gasteiger partial charge in [0.25, 0.3) is 0 Å². The minimum absolute atomic E-state index is 0.0301. The van der Waals surface area contributed by atoms with Crippen molar-refractivity contribution in [3.63, 3.8) is 0 Å². The van der Waals surface area contributed by atoms with Gasteiger partial charge in [0, 0.05) is 19.5 Å². The van der Waals surface area contributed by atoms with Gasteiger partial charge in [0.1, 0.15) is 0 Å². The highest BCUT2D eigenvalue weighted by Crippen LogP contribution is 2.29. The quantitative estimate of drug-likeness (QED) is 0.836.